The molecule has 2 aromatic rings. The Hall–Kier alpha value is -2.62. The summed E-state index contributed by atoms with van der Waals surface area (Å²) in [5.41, 5.74) is -0.737. The predicted molar refractivity (Wildman–Crippen MR) is 82.9 cm³/mol. The Morgan fingerprint density at radius 2 is 1.36 bits per heavy atom. The van der Waals surface area contributed by atoms with E-state index < -0.39 is 17.4 Å². The van der Waals surface area contributed by atoms with Gasteiger partial charge in [0.1, 0.15) is 0 Å². The van der Waals surface area contributed by atoms with Crippen LogP contribution in [-0.4, -0.2) is 22.2 Å². The highest BCUT2D eigenvalue weighted by molar-refractivity contribution is 6.04. The van der Waals surface area contributed by atoms with Crippen LogP contribution >= 0.6 is 0 Å². The van der Waals surface area contributed by atoms with Gasteiger partial charge < -0.3 is 10.2 Å². The zero-order valence-electron chi connectivity index (χ0n) is 12.3. The molecule has 114 valence electrons. The second kappa shape index (κ2) is 6.43. The average Bonchev–Trinajstić information content (AvgIpc) is 2.53. The Bertz CT molecular complexity index is 635. The summed E-state index contributed by atoms with van der Waals surface area (Å²) >= 11 is 0. The number of carboxylic acids is 2. The molecule has 2 N–H and O–H groups in total. The Balaban J connectivity index is 2.46. The van der Waals surface area contributed by atoms with E-state index in [9.17, 15) is 19.8 Å². The summed E-state index contributed by atoms with van der Waals surface area (Å²) in [5.74, 6) is -2.88. The van der Waals surface area contributed by atoms with Crippen molar-refractivity contribution in [1.82, 2.24) is 0 Å². The van der Waals surface area contributed by atoms with Crippen molar-refractivity contribution in [2.24, 2.45) is 0 Å². The minimum atomic E-state index is -1.95. The lowest BCUT2D eigenvalue weighted by molar-refractivity contribution is -0.158. The molecule has 0 saturated carbocycles. The molecule has 0 amide bonds. The number of aliphatic carboxylic acids is 2. The maximum atomic E-state index is 11.8. The molecular weight excluding hydrogens is 280 g/mol. The van der Waals surface area contributed by atoms with Crippen LogP contribution in [0.3, 0.4) is 0 Å². The Morgan fingerprint density at radius 3 is 1.82 bits per heavy atom. The first kappa shape index (κ1) is 15.8. The molecule has 0 aliphatic carbocycles. The van der Waals surface area contributed by atoms with E-state index in [1.54, 1.807) is 30.3 Å². The SMILES string of the molecule is CC(CC(C(=O)O)(C(=O)O)c1ccccc1)c1ccccc1. The minimum Gasteiger partial charge on any atom is -0.480 e. The molecule has 4 nitrogen and oxygen atoms in total. The largest absolute Gasteiger partial charge is 0.480 e. The molecule has 0 fully saturated rings. The molecule has 1 atom stereocenters. The van der Waals surface area contributed by atoms with Crippen molar-refractivity contribution in [3.8, 4) is 0 Å². The van der Waals surface area contributed by atoms with Crippen LogP contribution in [0.1, 0.15) is 30.4 Å². The van der Waals surface area contributed by atoms with Gasteiger partial charge in [0.05, 0.1) is 0 Å². The van der Waals surface area contributed by atoms with Crippen LogP contribution in [0, 0.1) is 0 Å². The van der Waals surface area contributed by atoms with Crippen molar-refractivity contribution in [2.45, 2.75) is 24.7 Å². The molecular formula is C18H18O4. The van der Waals surface area contributed by atoms with Gasteiger partial charge in [0.15, 0.2) is 5.41 Å². The van der Waals surface area contributed by atoms with E-state index in [4.69, 9.17) is 0 Å². The van der Waals surface area contributed by atoms with Crippen LogP contribution in [0.5, 0.6) is 0 Å². The van der Waals surface area contributed by atoms with Crippen LogP contribution in [-0.2, 0) is 15.0 Å². The fourth-order valence-corrected chi connectivity index (χ4v) is 2.71. The second-order valence-corrected chi connectivity index (χ2v) is 5.40. The molecule has 2 rings (SSSR count). The van der Waals surface area contributed by atoms with Crippen LogP contribution in [0.25, 0.3) is 0 Å². The average molecular weight is 298 g/mol. The van der Waals surface area contributed by atoms with Crippen molar-refractivity contribution < 1.29 is 19.8 Å². The summed E-state index contributed by atoms with van der Waals surface area (Å²) in [4.78, 5) is 23.7. The molecule has 0 saturated heterocycles. The van der Waals surface area contributed by atoms with Gasteiger partial charge in [-0.3, -0.25) is 9.59 Å². The lowest BCUT2D eigenvalue weighted by atomic mass is 9.72. The number of carboxylic acid groups (broad SMARTS) is 2. The molecule has 4 heteroatoms. The zero-order chi connectivity index (χ0) is 16.2. The fraction of sp³-hybridized carbons (Fsp3) is 0.222. The van der Waals surface area contributed by atoms with Gasteiger partial charge in [0.25, 0.3) is 0 Å². The summed E-state index contributed by atoms with van der Waals surface area (Å²) in [6.07, 6.45) is -0.00824. The van der Waals surface area contributed by atoms with Gasteiger partial charge in [-0.1, -0.05) is 67.6 Å². The van der Waals surface area contributed by atoms with Gasteiger partial charge in [-0.2, -0.15) is 0 Å². The lowest BCUT2D eigenvalue weighted by Crippen LogP contribution is -2.44. The standard InChI is InChI=1S/C18H18O4/c1-13(14-8-4-2-5-9-14)12-18(16(19)20,17(21)22)15-10-6-3-7-11-15/h2-11,13H,12H2,1H3,(H,19,20)(H,21,22). The van der Waals surface area contributed by atoms with E-state index >= 15 is 0 Å². The highest BCUT2D eigenvalue weighted by atomic mass is 16.4. The van der Waals surface area contributed by atoms with E-state index in [1.165, 1.54) is 0 Å². The highest BCUT2D eigenvalue weighted by Gasteiger charge is 2.49. The van der Waals surface area contributed by atoms with Gasteiger partial charge in [-0.25, -0.2) is 0 Å². The van der Waals surface area contributed by atoms with Gasteiger partial charge in [0, 0.05) is 0 Å². The summed E-state index contributed by atoms with van der Waals surface area (Å²) in [6.45, 7) is 1.85. The van der Waals surface area contributed by atoms with Crippen molar-refractivity contribution in [3.63, 3.8) is 0 Å². The molecule has 0 aliphatic heterocycles. The van der Waals surface area contributed by atoms with Crippen molar-refractivity contribution >= 4 is 11.9 Å². The van der Waals surface area contributed by atoms with E-state index in [1.807, 2.05) is 37.3 Å². The smallest absolute Gasteiger partial charge is 0.325 e. The van der Waals surface area contributed by atoms with Crippen molar-refractivity contribution in [3.05, 3.63) is 71.8 Å². The molecule has 0 aromatic heterocycles. The van der Waals surface area contributed by atoms with Gasteiger partial charge in [-0.15, -0.1) is 0 Å². The van der Waals surface area contributed by atoms with Gasteiger partial charge in [-0.05, 0) is 23.5 Å². The third-order valence-corrected chi connectivity index (χ3v) is 3.98. The van der Waals surface area contributed by atoms with Crippen LogP contribution in [0.15, 0.2) is 60.7 Å². The minimum absolute atomic E-state index is 0.00824. The zero-order valence-corrected chi connectivity index (χ0v) is 12.3. The molecule has 0 radical (unpaired) electrons. The number of carbonyl (C=O) groups is 2. The van der Waals surface area contributed by atoms with Crippen LogP contribution in [0.2, 0.25) is 0 Å². The monoisotopic (exact) mass is 298 g/mol. The number of rotatable bonds is 6. The molecule has 0 bridgehead atoms. The predicted octanol–water partition coefficient (Wildman–Crippen LogP) is 3.29. The molecule has 22 heavy (non-hydrogen) atoms. The molecule has 2 aromatic carbocycles. The maximum absolute atomic E-state index is 11.8. The highest BCUT2D eigenvalue weighted by Crippen LogP contribution is 2.36. The number of hydrogen-bond acceptors (Lipinski definition) is 2. The topological polar surface area (TPSA) is 74.6 Å². The molecule has 1 unspecified atom stereocenters. The normalized spacial score (nSPS) is 12.6. The Labute approximate surface area is 129 Å². The van der Waals surface area contributed by atoms with E-state index in [0.29, 0.717) is 0 Å². The first-order chi connectivity index (χ1) is 10.5. The van der Waals surface area contributed by atoms with Gasteiger partial charge >= 0.3 is 11.9 Å². The third kappa shape index (κ3) is 2.86. The Kier molecular flexibility index (Phi) is 4.61. The first-order valence-corrected chi connectivity index (χ1v) is 7.05. The molecule has 0 aliphatic rings. The van der Waals surface area contributed by atoms with Crippen LogP contribution < -0.4 is 0 Å². The van der Waals surface area contributed by atoms with Crippen molar-refractivity contribution in [2.75, 3.05) is 0 Å². The summed E-state index contributed by atoms with van der Waals surface area (Å²) in [7, 11) is 0. The Morgan fingerprint density at radius 1 is 0.909 bits per heavy atom. The first-order valence-electron chi connectivity index (χ1n) is 7.05. The summed E-state index contributed by atoms with van der Waals surface area (Å²) < 4.78 is 0. The summed E-state index contributed by atoms with van der Waals surface area (Å²) in [5, 5.41) is 19.3. The van der Waals surface area contributed by atoms with Crippen molar-refractivity contribution in [1.29, 1.82) is 0 Å². The van der Waals surface area contributed by atoms with Gasteiger partial charge in [0.2, 0.25) is 0 Å². The number of benzene rings is 2. The second-order valence-electron chi connectivity index (χ2n) is 5.40. The fourth-order valence-electron chi connectivity index (χ4n) is 2.71. The lowest BCUT2D eigenvalue weighted by Gasteiger charge is -2.28. The maximum Gasteiger partial charge on any atom is 0.325 e. The van der Waals surface area contributed by atoms with E-state index in [0.717, 1.165) is 5.56 Å². The third-order valence-electron chi connectivity index (χ3n) is 3.98. The van der Waals surface area contributed by atoms with E-state index in [2.05, 4.69) is 0 Å². The van der Waals surface area contributed by atoms with Crippen LogP contribution in [0.4, 0.5) is 0 Å². The quantitative estimate of drug-likeness (QED) is 0.802. The molecule has 0 spiro atoms. The number of hydrogen-bond donors (Lipinski definition) is 2. The molecule has 0 heterocycles. The summed E-state index contributed by atoms with van der Waals surface area (Å²) in [6, 6.07) is 17.5. The van der Waals surface area contributed by atoms with E-state index in [-0.39, 0.29) is 17.9 Å².